The van der Waals surface area contributed by atoms with E-state index in [4.69, 9.17) is 16.3 Å². The Labute approximate surface area is 177 Å². The van der Waals surface area contributed by atoms with Crippen molar-refractivity contribution in [1.29, 1.82) is 0 Å². The van der Waals surface area contributed by atoms with Crippen LogP contribution in [0.2, 0.25) is 5.02 Å². The fraction of sp³-hybridized carbons (Fsp3) is 0.0435. The number of anilines is 2. The molecule has 1 heterocycles. The molecular formula is C23H16ClFN2O3. The summed E-state index contributed by atoms with van der Waals surface area (Å²) in [7, 11) is 1.50. The molecule has 1 aliphatic heterocycles. The zero-order valence-electron chi connectivity index (χ0n) is 15.9. The molecule has 0 spiro atoms. The van der Waals surface area contributed by atoms with Crippen LogP contribution in [0.15, 0.2) is 78.5 Å². The average Bonchev–Trinajstić information content (AvgIpc) is 2.98. The topological polar surface area (TPSA) is 58.6 Å². The van der Waals surface area contributed by atoms with Gasteiger partial charge < -0.3 is 10.1 Å². The number of rotatable bonds is 5. The Bertz CT molecular complexity index is 1180. The molecule has 30 heavy (non-hydrogen) atoms. The molecule has 2 amide bonds. The number of imide groups is 1. The van der Waals surface area contributed by atoms with Gasteiger partial charge in [0.25, 0.3) is 11.8 Å². The summed E-state index contributed by atoms with van der Waals surface area (Å²) in [5.41, 5.74) is 1.46. The predicted molar refractivity (Wildman–Crippen MR) is 114 cm³/mol. The molecular weight excluding hydrogens is 407 g/mol. The van der Waals surface area contributed by atoms with Crippen LogP contribution in [0, 0.1) is 5.82 Å². The van der Waals surface area contributed by atoms with Gasteiger partial charge in [0.2, 0.25) is 0 Å². The molecule has 0 saturated carbocycles. The SMILES string of the molecule is COc1cccc(N2C(=O)C(Nc3cccc(F)c3)=C(c3ccc(Cl)cc3)C2=O)c1. The quantitative estimate of drug-likeness (QED) is 0.595. The van der Waals surface area contributed by atoms with E-state index in [1.165, 1.54) is 25.3 Å². The largest absolute Gasteiger partial charge is 0.497 e. The average molecular weight is 423 g/mol. The third-order valence-electron chi connectivity index (χ3n) is 4.62. The maximum absolute atomic E-state index is 13.7. The highest BCUT2D eigenvalue weighted by Gasteiger charge is 2.40. The van der Waals surface area contributed by atoms with Crippen LogP contribution in [-0.4, -0.2) is 18.9 Å². The normalized spacial score (nSPS) is 13.8. The fourth-order valence-electron chi connectivity index (χ4n) is 3.22. The van der Waals surface area contributed by atoms with Gasteiger partial charge in [-0.15, -0.1) is 0 Å². The molecule has 0 saturated heterocycles. The molecule has 0 aromatic heterocycles. The Balaban J connectivity index is 1.82. The van der Waals surface area contributed by atoms with Crippen LogP contribution in [-0.2, 0) is 9.59 Å². The Morgan fingerprint density at radius 1 is 0.933 bits per heavy atom. The van der Waals surface area contributed by atoms with Crippen molar-refractivity contribution in [3.8, 4) is 5.75 Å². The minimum absolute atomic E-state index is 0.0516. The van der Waals surface area contributed by atoms with Gasteiger partial charge in [-0.25, -0.2) is 9.29 Å². The summed E-state index contributed by atoms with van der Waals surface area (Å²) in [6.45, 7) is 0. The van der Waals surface area contributed by atoms with Gasteiger partial charge in [0.15, 0.2) is 0 Å². The van der Waals surface area contributed by atoms with Crippen LogP contribution in [0.4, 0.5) is 15.8 Å². The van der Waals surface area contributed by atoms with E-state index in [9.17, 15) is 14.0 Å². The van der Waals surface area contributed by atoms with Gasteiger partial charge in [-0.2, -0.15) is 0 Å². The Kier molecular flexibility index (Phi) is 5.25. The van der Waals surface area contributed by atoms with E-state index < -0.39 is 17.6 Å². The first-order chi connectivity index (χ1) is 14.5. The molecule has 0 fully saturated rings. The van der Waals surface area contributed by atoms with Gasteiger partial charge in [0.05, 0.1) is 18.4 Å². The zero-order valence-corrected chi connectivity index (χ0v) is 16.6. The molecule has 7 heteroatoms. The number of amides is 2. The molecule has 0 atom stereocenters. The number of ether oxygens (including phenoxy) is 1. The molecule has 4 rings (SSSR count). The summed E-state index contributed by atoms with van der Waals surface area (Å²) in [6, 6.07) is 18.9. The number of halogens is 2. The number of carbonyl (C=O) groups is 2. The van der Waals surface area contributed by atoms with Crippen LogP contribution < -0.4 is 15.0 Å². The van der Waals surface area contributed by atoms with Crippen molar-refractivity contribution >= 4 is 40.4 Å². The molecule has 5 nitrogen and oxygen atoms in total. The van der Waals surface area contributed by atoms with Gasteiger partial charge in [0.1, 0.15) is 17.3 Å². The molecule has 3 aromatic rings. The third kappa shape index (κ3) is 3.65. The highest BCUT2D eigenvalue weighted by Crippen LogP contribution is 2.35. The van der Waals surface area contributed by atoms with Crippen molar-refractivity contribution in [2.75, 3.05) is 17.3 Å². The van der Waals surface area contributed by atoms with Crippen LogP contribution in [0.1, 0.15) is 5.56 Å². The highest BCUT2D eigenvalue weighted by atomic mass is 35.5. The number of hydrogen-bond acceptors (Lipinski definition) is 4. The summed E-state index contributed by atoms with van der Waals surface area (Å²) in [4.78, 5) is 27.7. The first kappa shape index (κ1) is 19.7. The molecule has 0 radical (unpaired) electrons. The van der Waals surface area contributed by atoms with Gasteiger partial charge >= 0.3 is 0 Å². The van der Waals surface area contributed by atoms with Crippen molar-refractivity contribution in [2.24, 2.45) is 0 Å². The minimum Gasteiger partial charge on any atom is -0.497 e. The number of methoxy groups -OCH3 is 1. The molecule has 0 aliphatic carbocycles. The second-order valence-electron chi connectivity index (χ2n) is 6.54. The molecule has 0 bridgehead atoms. The van der Waals surface area contributed by atoms with Crippen LogP contribution in [0.25, 0.3) is 5.57 Å². The van der Waals surface area contributed by atoms with E-state index in [0.717, 1.165) is 4.90 Å². The van der Waals surface area contributed by atoms with Gasteiger partial charge in [-0.05, 0) is 48.0 Å². The van der Waals surface area contributed by atoms with Crippen molar-refractivity contribution < 1.29 is 18.7 Å². The van der Waals surface area contributed by atoms with E-state index in [1.807, 2.05) is 0 Å². The minimum atomic E-state index is -0.553. The first-order valence-electron chi connectivity index (χ1n) is 9.03. The summed E-state index contributed by atoms with van der Waals surface area (Å²) in [5.74, 6) is -1.01. The van der Waals surface area contributed by atoms with Gasteiger partial charge in [0, 0.05) is 16.8 Å². The van der Waals surface area contributed by atoms with Crippen LogP contribution in [0.5, 0.6) is 5.75 Å². The third-order valence-corrected chi connectivity index (χ3v) is 4.87. The lowest BCUT2D eigenvalue weighted by molar-refractivity contribution is -0.120. The molecule has 1 N–H and O–H groups in total. The number of hydrogen-bond donors (Lipinski definition) is 1. The summed E-state index contributed by atoms with van der Waals surface area (Å²) >= 11 is 5.98. The standard InChI is InChI=1S/C23H16ClFN2O3/c1-30-19-7-3-6-18(13-19)27-22(28)20(14-8-10-15(24)11-9-14)21(23(27)29)26-17-5-2-4-16(25)12-17/h2-13,26H,1H3. The van der Waals surface area contributed by atoms with Crippen LogP contribution >= 0.6 is 11.6 Å². The van der Waals surface area contributed by atoms with E-state index >= 15 is 0 Å². The number of benzene rings is 3. The van der Waals surface area contributed by atoms with Crippen molar-refractivity contribution in [1.82, 2.24) is 0 Å². The highest BCUT2D eigenvalue weighted by molar-refractivity contribution is 6.46. The second kappa shape index (κ2) is 8.00. The van der Waals surface area contributed by atoms with E-state index in [2.05, 4.69) is 5.32 Å². The maximum Gasteiger partial charge on any atom is 0.282 e. The Morgan fingerprint density at radius 2 is 1.67 bits per heavy atom. The molecule has 150 valence electrons. The smallest absolute Gasteiger partial charge is 0.282 e. The first-order valence-corrected chi connectivity index (χ1v) is 9.41. The van der Waals surface area contributed by atoms with Crippen molar-refractivity contribution in [3.05, 3.63) is 94.9 Å². The van der Waals surface area contributed by atoms with Crippen LogP contribution in [0.3, 0.4) is 0 Å². The Morgan fingerprint density at radius 3 is 2.37 bits per heavy atom. The number of nitrogens with zero attached hydrogens (tertiary/aromatic N) is 1. The lowest BCUT2D eigenvalue weighted by atomic mass is 10.0. The van der Waals surface area contributed by atoms with Crippen molar-refractivity contribution in [2.45, 2.75) is 0 Å². The number of nitrogens with one attached hydrogen (secondary N) is 1. The lowest BCUT2D eigenvalue weighted by Crippen LogP contribution is -2.32. The fourth-order valence-corrected chi connectivity index (χ4v) is 3.35. The summed E-state index contributed by atoms with van der Waals surface area (Å²) < 4.78 is 18.9. The van der Waals surface area contributed by atoms with E-state index in [0.29, 0.717) is 27.7 Å². The summed E-state index contributed by atoms with van der Waals surface area (Å²) in [6.07, 6.45) is 0. The van der Waals surface area contributed by atoms with E-state index in [-0.39, 0.29) is 11.3 Å². The zero-order chi connectivity index (χ0) is 21.3. The Hall–Kier alpha value is -3.64. The van der Waals surface area contributed by atoms with E-state index in [1.54, 1.807) is 54.6 Å². The summed E-state index contributed by atoms with van der Waals surface area (Å²) in [5, 5.41) is 3.42. The van der Waals surface area contributed by atoms with Gasteiger partial charge in [-0.1, -0.05) is 35.9 Å². The second-order valence-corrected chi connectivity index (χ2v) is 6.98. The van der Waals surface area contributed by atoms with Gasteiger partial charge in [-0.3, -0.25) is 9.59 Å². The molecule has 3 aromatic carbocycles. The monoisotopic (exact) mass is 422 g/mol. The molecule has 0 unspecified atom stereocenters. The lowest BCUT2D eigenvalue weighted by Gasteiger charge is -2.16. The maximum atomic E-state index is 13.7. The number of carbonyl (C=O) groups excluding carboxylic acids is 2. The molecule has 1 aliphatic rings. The predicted octanol–water partition coefficient (Wildman–Crippen LogP) is 4.88. The van der Waals surface area contributed by atoms with Crippen molar-refractivity contribution in [3.63, 3.8) is 0 Å².